The average Bonchev–Trinajstić information content (AvgIpc) is 2.95. The fourth-order valence-corrected chi connectivity index (χ4v) is 5.15. The Bertz CT molecular complexity index is 1630. The van der Waals surface area contributed by atoms with Crippen molar-refractivity contribution >= 4 is 29.6 Å². The lowest BCUT2D eigenvalue weighted by molar-refractivity contribution is 0.103. The van der Waals surface area contributed by atoms with E-state index in [-0.39, 0.29) is 5.78 Å². The topological polar surface area (TPSA) is 31.2 Å². The van der Waals surface area contributed by atoms with Crippen LogP contribution < -0.4 is 4.74 Å². The number of ketones is 1. The van der Waals surface area contributed by atoms with Crippen LogP contribution in [0.1, 0.15) is 21.5 Å². The van der Waals surface area contributed by atoms with Crippen LogP contribution in [0.25, 0.3) is 28.1 Å². The molecular weight excluding hydrogens is 498 g/mol. The number of ether oxygens (including phenoxy) is 1. The maximum atomic E-state index is 14.1. The van der Waals surface area contributed by atoms with E-state index < -0.39 is 0 Å². The van der Waals surface area contributed by atoms with Gasteiger partial charge in [-0.1, -0.05) is 96.6 Å². The third kappa shape index (κ3) is 4.74. The molecule has 4 aromatic carbocycles. The van der Waals surface area contributed by atoms with Crippen LogP contribution in [-0.4, -0.2) is 17.5 Å². The molecule has 0 unspecified atom stereocenters. The average molecular weight is 522 g/mol. The minimum atomic E-state index is -0.125. The van der Waals surface area contributed by atoms with Crippen LogP contribution in [0.4, 0.5) is 0 Å². The van der Waals surface area contributed by atoms with Crippen molar-refractivity contribution in [2.24, 2.45) is 0 Å². The number of benzene rings is 4. The number of carbonyl (C=O) groups excluding carboxylic acids is 1. The van der Waals surface area contributed by atoms with E-state index in [2.05, 4.69) is 12.1 Å². The molecule has 0 saturated heterocycles. The number of aromatic nitrogens is 1. The number of carbonyl (C=O) groups is 1. The van der Waals surface area contributed by atoms with Gasteiger partial charge in [-0.15, -0.1) is 0 Å². The van der Waals surface area contributed by atoms with Gasteiger partial charge >= 0.3 is 0 Å². The number of hydrogen-bond donors (Lipinski definition) is 0. The monoisotopic (exact) mass is 521 g/mol. The summed E-state index contributed by atoms with van der Waals surface area (Å²) in [6.07, 6.45) is 0. The van der Waals surface area contributed by atoms with Crippen molar-refractivity contribution in [3.05, 3.63) is 136 Å². The number of halogens is 1. The largest absolute Gasteiger partial charge is 0.497 e. The molecule has 0 bridgehead atoms. The molecule has 5 heteroatoms. The number of methoxy groups -OCH3 is 1. The fourth-order valence-electron chi connectivity index (χ4n) is 4.64. The first-order valence-electron chi connectivity index (χ1n) is 11.8. The second-order valence-corrected chi connectivity index (χ2v) is 9.45. The Balaban J connectivity index is 1.92. The first kappa shape index (κ1) is 24.7. The molecule has 3 nitrogen and oxygen atoms in total. The summed E-state index contributed by atoms with van der Waals surface area (Å²) >= 11 is 12.4. The van der Waals surface area contributed by atoms with Crippen molar-refractivity contribution in [3.8, 4) is 33.8 Å². The van der Waals surface area contributed by atoms with Crippen LogP contribution in [0.15, 0.2) is 109 Å². The Labute approximate surface area is 226 Å². The molecule has 0 fully saturated rings. The van der Waals surface area contributed by atoms with Gasteiger partial charge in [0.05, 0.1) is 18.4 Å². The molecule has 1 heterocycles. The Morgan fingerprint density at radius 2 is 1.38 bits per heavy atom. The van der Waals surface area contributed by atoms with E-state index in [4.69, 9.17) is 28.6 Å². The summed E-state index contributed by atoms with van der Waals surface area (Å²) in [6.45, 7) is 2.04. The molecule has 0 amide bonds. The molecule has 0 saturated carbocycles. The predicted molar refractivity (Wildman–Crippen MR) is 154 cm³/mol. The summed E-state index contributed by atoms with van der Waals surface area (Å²) in [7, 11) is 1.64. The summed E-state index contributed by atoms with van der Waals surface area (Å²) in [5, 5.41) is 0.628. The maximum Gasteiger partial charge on any atom is 0.196 e. The van der Waals surface area contributed by atoms with Gasteiger partial charge in [0, 0.05) is 21.8 Å². The minimum Gasteiger partial charge on any atom is -0.497 e. The van der Waals surface area contributed by atoms with Gasteiger partial charge in [-0.3, -0.25) is 9.36 Å². The highest BCUT2D eigenvalue weighted by Gasteiger charge is 2.25. The molecule has 0 aliphatic heterocycles. The minimum absolute atomic E-state index is 0.125. The molecule has 37 heavy (non-hydrogen) atoms. The molecule has 0 aliphatic rings. The Morgan fingerprint density at radius 3 is 1.97 bits per heavy atom. The molecule has 0 spiro atoms. The molecule has 182 valence electrons. The lowest BCUT2D eigenvalue weighted by Crippen LogP contribution is -2.14. The summed E-state index contributed by atoms with van der Waals surface area (Å²) in [6, 6.07) is 34.6. The standard InChI is InChI=1S/C32H24ClNO2S/c1-21-28(22-13-15-25(33)16-14-22)29(31(35)24-11-7-4-8-12-24)32(37)34(26-17-19-27(36-2)20-18-26)30(21)23-9-5-3-6-10-23/h3-20H,1-2H3. The quantitative estimate of drug-likeness (QED) is 0.165. The molecular formula is C32H24ClNO2S. The molecule has 5 rings (SSSR count). The van der Waals surface area contributed by atoms with Gasteiger partial charge in [-0.05, 0) is 60.0 Å². The second kappa shape index (κ2) is 10.6. The van der Waals surface area contributed by atoms with Gasteiger partial charge in [-0.25, -0.2) is 0 Å². The van der Waals surface area contributed by atoms with Crippen molar-refractivity contribution in [3.63, 3.8) is 0 Å². The third-order valence-electron chi connectivity index (χ3n) is 6.39. The highest BCUT2D eigenvalue weighted by Crippen LogP contribution is 2.39. The van der Waals surface area contributed by atoms with Gasteiger partial charge in [0.1, 0.15) is 10.4 Å². The first-order chi connectivity index (χ1) is 18.0. The van der Waals surface area contributed by atoms with Crippen LogP contribution in [0.3, 0.4) is 0 Å². The molecule has 0 N–H and O–H groups in total. The smallest absolute Gasteiger partial charge is 0.196 e. The first-order valence-corrected chi connectivity index (χ1v) is 12.6. The predicted octanol–water partition coefficient (Wildman–Crippen LogP) is 8.74. The summed E-state index contributed by atoms with van der Waals surface area (Å²) in [5.74, 6) is 0.618. The summed E-state index contributed by atoms with van der Waals surface area (Å²) in [5.41, 5.74) is 6.45. The number of pyridine rings is 1. The maximum absolute atomic E-state index is 14.1. The normalized spacial score (nSPS) is 10.8. The molecule has 5 aromatic rings. The Kier molecular flexibility index (Phi) is 7.04. The summed E-state index contributed by atoms with van der Waals surface area (Å²) in [4.78, 5) is 14.1. The zero-order valence-corrected chi connectivity index (χ0v) is 22.0. The lowest BCUT2D eigenvalue weighted by atomic mass is 9.89. The second-order valence-electron chi connectivity index (χ2n) is 8.63. The van der Waals surface area contributed by atoms with Crippen molar-refractivity contribution < 1.29 is 9.53 Å². The van der Waals surface area contributed by atoms with Gasteiger partial charge in [-0.2, -0.15) is 0 Å². The van der Waals surface area contributed by atoms with E-state index in [0.717, 1.165) is 39.4 Å². The van der Waals surface area contributed by atoms with E-state index in [1.165, 1.54) is 0 Å². The zero-order chi connectivity index (χ0) is 25.9. The molecule has 1 aromatic heterocycles. The Hall–Kier alpha value is -3.99. The van der Waals surface area contributed by atoms with Crippen LogP contribution in [-0.2, 0) is 0 Å². The molecule has 0 radical (unpaired) electrons. The van der Waals surface area contributed by atoms with E-state index in [1.807, 2.05) is 109 Å². The van der Waals surface area contributed by atoms with E-state index in [9.17, 15) is 4.79 Å². The van der Waals surface area contributed by atoms with E-state index >= 15 is 0 Å². The highest BCUT2D eigenvalue weighted by atomic mass is 35.5. The van der Waals surface area contributed by atoms with Crippen molar-refractivity contribution in [1.29, 1.82) is 0 Å². The van der Waals surface area contributed by atoms with Gasteiger partial charge in [0.25, 0.3) is 0 Å². The van der Waals surface area contributed by atoms with Crippen LogP contribution in [0.5, 0.6) is 5.75 Å². The number of hydrogen-bond acceptors (Lipinski definition) is 3. The van der Waals surface area contributed by atoms with Gasteiger partial charge in [0.15, 0.2) is 5.78 Å². The van der Waals surface area contributed by atoms with Crippen molar-refractivity contribution in [2.45, 2.75) is 6.92 Å². The third-order valence-corrected chi connectivity index (χ3v) is 7.03. The molecule has 0 aliphatic carbocycles. The SMILES string of the molecule is COc1ccc(-n2c(-c3ccccc3)c(C)c(-c3ccc(Cl)cc3)c(C(=O)c3ccccc3)c2=S)cc1. The fraction of sp³-hybridized carbons (Fsp3) is 0.0625. The molecule has 0 atom stereocenters. The van der Waals surface area contributed by atoms with Crippen LogP contribution in [0.2, 0.25) is 5.02 Å². The van der Waals surface area contributed by atoms with Crippen molar-refractivity contribution in [1.82, 2.24) is 4.57 Å². The highest BCUT2D eigenvalue weighted by molar-refractivity contribution is 7.71. The van der Waals surface area contributed by atoms with E-state index in [1.54, 1.807) is 7.11 Å². The van der Waals surface area contributed by atoms with E-state index in [0.29, 0.717) is 20.8 Å². The van der Waals surface area contributed by atoms with Gasteiger partial charge in [0.2, 0.25) is 0 Å². The van der Waals surface area contributed by atoms with Crippen molar-refractivity contribution in [2.75, 3.05) is 7.11 Å². The lowest BCUT2D eigenvalue weighted by Gasteiger charge is -2.24. The number of nitrogens with zero attached hydrogens (tertiary/aromatic N) is 1. The van der Waals surface area contributed by atoms with Crippen LogP contribution in [0, 0.1) is 11.6 Å². The summed E-state index contributed by atoms with van der Waals surface area (Å²) < 4.78 is 7.81. The Morgan fingerprint density at radius 1 is 0.784 bits per heavy atom. The number of rotatable bonds is 6. The zero-order valence-electron chi connectivity index (χ0n) is 20.4. The van der Waals surface area contributed by atoms with Gasteiger partial charge < -0.3 is 4.74 Å². The van der Waals surface area contributed by atoms with Crippen LogP contribution >= 0.6 is 23.8 Å².